The maximum atomic E-state index is 2.56. The number of anilines is 6. The quantitative estimate of drug-likeness (QED) is 0.140. The number of hydrogen-bond donors (Lipinski definition) is 0. The number of nitrogens with zero attached hydrogens (tertiary/aromatic N) is 2. The van der Waals surface area contributed by atoms with Crippen LogP contribution in [0.2, 0.25) is 0 Å². The Morgan fingerprint density at radius 3 is 0.625 bits per heavy atom. The van der Waals surface area contributed by atoms with Crippen LogP contribution in [-0.4, -0.2) is 0 Å². The van der Waals surface area contributed by atoms with Crippen molar-refractivity contribution in [1.82, 2.24) is 0 Å². The molecule has 2 heteroatoms. The van der Waals surface area contributed by atoms with E-state index in [1.54, 1.807) is 0 Å². The van der Waals surface area contributed by atoms with E-state index in [1.165, 1.54) is 252 Å². The lowest BCUT2D eigenvalue weighted by Crippen LogP contribution is -2.28. The van der Waals surface area contributed by atoms with Gasteiger partial charge < -0.3 is 9.80 Å². The van der Waals surface area contributed by atoms with Gasteiger partial charge in [-0.25, -0.2) is 0 Å². The number of rotatable bonds is 8. The van der Waals surface area contributed by atoms with E-state index >= 15 is 0 Å². The standard InChI is InChI=1S/2C67H41N/c1-3-23-50-46(19-1)48-21-5-7-25-52(48)60-40-43(35-37-54(50)60)42-17-15-18-44(39-42)68(45-36-38-55-51-24-4-2-20-47(51)49-22-6-8-26-53(49)61(55)41-45)65-34-16-30-59-58-29-11-14-33-64(58)67(66(59)65)62-31-12-9-27-56(62)57-28-10-13-32-63(57)67;1-3-20-50-46(16-1)48-18-5-7-22-52(48)60-40-43(34-38-54(50)60)42-32-35-44(36-33-42)68(45-37-39-55-51-21-4-2-17-47(51)49-19-6-8-23-53(49)61(55)41-45)65-31-15-27-59-58-26-11-14-30-64(58)67(66(59)65)62-28-12-9-24-56(62)57-25-10-13-29-63(57)67/h2*1-41H. The molecule has 4 aliphatic rings. The zero-order valence-corrected chi connectivity index (χ0v) is 74.2. The maximum Gasteiger partial charge on any atom is 0.0746 e. The average molecular weight is 1720 g/mol. The molecule has 0 saturated carbocycles. The predicted octanol–water partition coefficient (Wildman–Crippen LogP) is 36.2. The van der Waals surface area contributed by atoms with E-state index in [9.17, 15) is 0 Å². The summed E-state index contributed by atoms with van der Waals surface area (Å²) in [5.41, 5.74) is 31.5. The monoisotopic (exact) mass is 1720 g/mol. The van der Waals surface area contributed by atoms with Gasteiger partial charge in [-0.2, -0.15) is 0 Å². The van der Waals surface area contributed by atoms with Gasteiger partial charge in [0.05, 0.1) is 22.2 Å². The second-order valence-electron chi connectivity index (χ2n) is 37.3. The van der Waals surface area contributed by atoms with Crippen molar-refractivity contribution in [3.05, 3.63) is 542 Å². The zero-order valence-electron chi connectivity index (χ0n) is 74.2. The van der Waals surface area contributed by atoms with E-state index < -0.39 is 10.8 Å². The predicted molar refractivity (Wildman–Crippen MR) is 576 cm³/mol. The number of benzene rings is 26. The first-order valence-electron chi connectivity index (χ1n) is 47.5. The van der Waals surface area contributed by atoms with Gasteiger partial charge in [0, 0.05) is 33.9 Å². The van der Waals surface area contributed by atoms with Gasteiger partial charge in [-0.1, -0.05) is 425 Å². The first-order valence-corrected chi connectivity index (χ1v) is 47.5. The highest BCUT2D eigenvalue weighted by atomic mass is 15.2. The Hall–Kier alpha value is -17.6. The smallest absolute Gasteiger partial charge is 0.0746 e. The third-order valence-corrected chi connectivity index (χ3v) is 30.8. The highest BCUT2D eigenvalue weighted by Gasteiger charge is 2.55. The summed E-state index contributed by atoms with van der Waals surface area (Å²) < 4.78 is 0. The lowest BCUT2D eigenvalue weighted by atomic mass is 9.70. The second kappa shape index (κ2) is 29.5. The molecule has 0 bridgehead atoms. The summed E-state index contributed by atoms with van der Waals surface area (Å²) in [5, 5.41) is 30.6. The third-order valence-electron chi connectivity index (χ3n) is 30.8. The fourth-order valence-electron chi connectivity index (χ4n) is 25.4. The first kappa shape index (κ1) is 76.2. The second-order valence-corrected chi connectivity index (χ2v) is 37.3. The molecule has 4 aliphatic carbocycles. The highest BCUT2D eigenvalue weighted by molar-refractivity contribution is 6.30. The van der Waals surface area contributed by atoms with Crippen molar-refractivity contribution in [2.45, 2.75) is 10.8 Å². The Kier molecular flexibility index (Phi) is 16.5. The van der Waals surface area contributed by atoms with E-state index in [1.807, 2.05) is 0 Å². The van der Waals surface area contributed by atoms with Crippen LogP contribution < -0.4 is 9.80 Å². The molecule has 2 nitrogen and oxygen atoms in total. The van der Waals surface area contributed by atoms with Crippen LogP contribution in [0, 0.1) is 0 Å². The van der Waals surface area contributed by atoms with E-state index in [-0.39, 0.29) is 0 Å². The minimum absolute atomic E-state index is 0.522. The van der Waals surface area contributed by atoms with Gasteiger partial charge in [0.2, 0.25) is 0 Å². The van der Waals surface area contributed by atoms with E-state index in [4.69, 9.17) is 0 Å². The van der Waals surface area contributed by atoms with Gasteiger partial charge in [0.15, 0.2) is 0 Å². The summed E-state index contributed by atoms with van der Waals surface area (Å²) in [6.07, 6.45) is 0. The molecule has 0 aromatic heterocycles. The molecule has 0 radical (unpaired) electrons. The molecule has 0 amide bonds. The summed E-state index contributed by atoms with van der Waals surface area (Å²) >= 11 is 0. The summed E-state index contributed by atoms with van der Waals surface area (Å²) in [7, 11) is 0. The topological polar surface area (TPSA) is 6.48 Å². The highest BCUT2D eigenvalue weighted by Crippen LogP contribution is 2.68. The SMILES string of the molecule is c1cc(-c2ccc3c4ccccc4c4ccccc4c3c2)cc(N(c2ccc3c4ccccc4c4ccccc4c3c2)c2cccc3c2C2(c4ccccc4-c4ccccc42)c2ccccc2-3)c1.c1ccc2c(c1)-c1ccccc1C21c2ccccc2-c2cccc(N(c3ccc(-c4ccc5c6ccccc6c6ccccc6c5c4)cc3)c3ccc4c5ccccc5c5ccccc5c4c3)c21. The zero-order chi connectivity index (χ0) is 89.0. The normalized spacial score (nSPS) is 13.1. The van der Waals surface area contributed by atoms with Crippen LogP contribution in [0.1, 0.15) is 44.5 Å². The van der Waals surface area contributed by atoms with Crippen molar-refractivity contribution in [2.24, 2.45) is 0 Å². The van der Waals surface area contributed by atoms with E-state index in [2.05, 4.69) is 507 Å². The number of fused-ring (bicyclic) bond motifs is 44. The van der Waals surface area contributed by atoms with Crippen LogP contribution in [-0.2, 0) is 10.8 Å². The average Bonchev–Trinajstić information content (AvgIpc) is 1.50. The van der Waals surface area contributed by atoms with Crippen LogP contribution in [0.3, 0.4) is 0 Å². The first-order chi connectivity index (χ1) is 67.5. The van der Waals surface area contributed by atoms with Crippen LogP contribution >= 0.6 is 0 Å². The van der Waals surface area contributed by atoms with Gasteiger partial charge in [0.1, 0.15) is 0 Å². The van der Waals surface area contributed by atoms with Gasteiger partial charge in [-0.15, -0.1) is 0 Å². The molecule has 26 aromatic carbocycles. The van der Waals surface area contributed by atoms with Crippen molar-refractivity contribution in [3.63, 3.8) is 0 Å². The maximum absolute atomic E-state index is 2.56. The summed E-state index contributed by atoms with van der Waals surface area (Å²) in [5.74, 6) is 0. The minimum atomic E-state index is -0.534. The van der Waals surface area contributed by atoms with Crippen LogP contribution in [0.25, 0.3) is 196 Å². The molecule has 0 atom stereocenters. The molecule has 0 aliphatic heterocycles. The minimum Gasteiger partial charge on any atom is -0.310 e. The lowest BCUT2D eigenvalue weighted by molar-refractivity contribution is 0.793. The summed E-state index contributed by atoms with van der Waals surface area (Å²) in [4.78, 5) is 5.11. The third kappa shape index (κ3) is 10.7. The Morgan fingerprint density at radius 2 is 0.316 bits per heavy atom. The van der Waals surface area contributed by atoms with E-state index in [0.29, 0.717) is 0 Å². The van der Waals surface area contributed by atoms with Crippen molar-refractivity contribution < 1.29 is 0 Å². The Bertz CT molecular complexity index is 9400. The van der Waals surface area contributed by atoms with Crippen LogP contribution in [0.5, 0.6) is 0 Å². The van der Waals surface area contributed by atoms with Crippen molar-refractivity contribution in [2.75, 3.05) is 9.80 Å². The molecular formula is C134H82N2. The molecule has 0 unspecified atom stereocenters. The van der Waals surface area contributed by atoms with Crippen molar-refractivity contribution >= 4 is 163 Å². The molecule has 2 spiro atoms. The molecule has 136 heavy (non-hydrogen) atoms. The molecule has 0 saturated heterocycles. The molecule has 30 rings (SSSR count). The van der Waals surface area contributed by atoms with Gasteiger partial charge >= 0.3 is 0 Å². The molecule has 0 N–H and O–H groups in total. The van der Waals surface area contributed by atoms with Gasteiger partial charge in [-0.05, 0) is 302 Å². The van der Waals surface area contributed by atoms with Crippen molar-refractivity contribution in [1.29, 1.82) is 0 Å². The fourth-order valence-corrected chi connectivity index (χ4v) is 25.4. The van der Waals surface area contributed by atoms with Gasteiger partial charge in [-0.3, -0.25) is 0 Å². The Balaban J connectivity index is 0.000000132. The molecule has 0 heterocycles. The molecule has 26 aromatic rings. The largest absolute Gasteiger partial charge is 0.310 e. The Morgan fingerprint density at radius 1 is 0.118 bits per heavy atom. The summed E-state index contributed by atoms with van der Waals surface area (Å²) in [6, 6.07) is 187. The molecule has 628 valence electrons. The van der Waals surface area contributed by atoms with Crippen molar-refractivity contribution in [3.8, 4) is 66.8 Å². The van der Waals surface area contributed by atoms with Crippen LogP contribution in [0.4, 0.5) is 34.1 Å². The van der Waals surface area contributed by atoms with E-state index in [0.717, 1.165) is 22.7 Å². The number of hydrogen-bond acceptors (Lipinski definition) is 2. The van der Waals surface area contributed by atoms with Gasteiger partial charge in [0.25, 0.3) is 0 Å². The summed E-state index contributed by atoms with van der Waals surface area (Å²) in [6.45, 7) is 0. The lowest BCUT2D eigenvalue weighted by Gasteiger charge is -2.36. The molecule has 0 fully saturated rings. The molecular weight excluding hydrogens is 1640 g/mol. The van der Waals surface area contributed by atoms with Crippen LogP contribution in [0.15, 0.2) is 497 Å². The Labute approximate surface area is 787 Å². The fraction of sp³-hybridized carbons (Fsp3) is 0.0149.